The van der Waals surface area contributed by atoms with Crippen molar-refractivity contribution in [1.82, 2.24) is 9.97 Å². The molecule has 0 saturated heterocycles. The Morgan fingerprint density at radius 3 is 2.35 bits per heavy atom. The summed E-state index contributed by atoms with van der Waals surface area (Å²) in [5, 5.41) is 9.56. The van der Waals surface area contributed by atoms with Gasteiger partial charge in [-0.25, -0.2) is 9.78 Å². The molecule has 0 bridgehead atoms. The molecule has 0 amide bonds. The molecule has 0 spiro atoms. The Labute approximate surface area is 110 Å². The maximum absolute atomic E-state index is 10.6. The van der Waals surface area contributed by atoms with Crippen LogP contribution in [0.1, 0.15) is 0 Å². The molecule has 2 aromatic heterocycles. The number of pyridine rings is 1. The average Bonchev–Trinajstić information content (AvgIpc) is 2.77. The van der Waals surface area contributed by atoms with E-state index in [1.54, 1.807) is 6.20 Å². The van der Waals surface area contributed by atoms with Gasteiger partial charge < -0.3 is 10.1 Å². The van der Waals surface area contributed by atoms with E-state index in [0.29, 0.717) is 0 Å². The number of para-hydroxylation sites is 1. The molecule has 3 aromatic rings. The SMILES string of the molecule is O=C(O)C(F)(F)F.c1ccc2c(c1)[nH]c1ncccc12. The summed E-state index contributed by atoms with van der Waals surface area (Å²) in [5.74, 6) is -2.76. The fourth-order valence-corrected chi connectivity index (χ4v) is 1.68. The summed E-state index contributed by atoms with van der Waals surface area (Å²) in [5.41, 5.74) is 2.11. The van der Waals surface area contributed by atoms with E-state index >= 15 is 0 Å². The molecule has 0 aliphatic heterocycles. The number of aromatic amines is 1. The lowest BCUT2D eigenvalue weighted by Gasteiger charge is -1.93. The standard InChI is InChI=1S/C11H8N2.C2HF3O2/c1-2-6-10-8(4-1)9-5-3-7-12-11(9)13-10;3-2(4,5)1(6)7/h1-7H,(H,12,13);(H,6,7). The first-order valence-electron chi connectivity index (χ1n) is 5.51. The van der Waals surface area contributed by atoms with Gasteiger partial charge in [0.1, 0.15) is 5.65 Å². The fraction of sp³-hybridized carbons (Fsp3) is 0.0769. The quantitative estimate of drug-likeness (QED) is 0.664. The van der Waals surface area contributed by atoms with Crippen LogP contribution in [0.25, 0.3) is 21.9 Å². The van der Waals surface area contributed by atoms with Crippen molar-refractivity contribution < 1.29 is 23.1 Å². The van der Waals surface area contributed by atoms with E-state index in [9.17, 15) is 13.2 Å². The van der Waals surface area contributed by atoms with Gasteiger partial charge in [0, 0.05) is 22.5 Å². The minimum Gasteiger partial charge on any atom is -0.475 e. The molecule has 0 atom stereocenters. The number of nitrogens with one attached hydrogen (secondary N) is 1. The molecule has 0 fully saturated rings. The molecule has 3 rings (SSSR count). The number of rotatable bonds is 0. The van der Waals surface area contributed by atoms with Gasteiger partial charge in [0.25, 0.3) is 0 Å². The van der Waals surface area contributed by atoms with Crippen LogP contribution in [0.15, 0.2) is 42.6 Å². The van der Waals surface area contributed by atoms with E-state index in [1.807, 2.05) is 18.2 Å². The number of benzene rings is 1. The number of carboxylic acid groups (broad SMARTS) is 1. The van der Waals surface area contributed by atoms with Crippen molar-refractivity contribution in [3.05, 3.63) is 42.6 Å². The lowest BCUT2D eigenvalue weighted by atomic mass is 10.2. The predicted octanol–water partition coefficient (Wildman–Crippen LogP) is 3.35. The van der Waals surface area contributed by atoms with Gasteiger partial charge in [-0.05, 0) is 18.2 Å². The third-order valence-corrected chi connectivity index (χ3v) is 2.52. The van der Waals surface area contributed by atoms with Crippen molar-refractivity contribution in [2.75, 3.05) is 0 Å². The predicted molar refractivity (Wildman–Crippen MR) is 67.3 cm³/mol. The van der Waals surface area contributed by atoms with E-state index in [1.165, 1.54) is 10.8 Å². The Hall–Kier alpha value is -2.57. The summed E-state index contributed by atoms with van der Waals surface area (Å²) in [7, 11) is 0. The van der Waals surface area contributed by atoms with Crippen molar-refractivity contribution in [3.8, 4) is 0 Å². The Morgan fingerprint density at radius 2 is 1.70 bits per heavy atom. The van der Waals surface area contributed by atoms with Crippen molar-refractivity contribution >= 4 is 27.9 Å². The zero-order valence-corrected chi connectivity index (χ0v) is 9.98. The third-order valence-electron chi connectivity index (χ3n) is 2.52. The molecule has 0 unspecified atom stereocenters. The van der Waals surface area contributed by atoms with Gasteiger partial charge in [-0.15, -0.1) is 0 Å². The molecule has 2 N–H and O–H groups in total. The molecule has 0 aliphatic rings. The van der Waals surface area contributed by atoms with E-state index in [0.717, 1.165) is 11.2 Å². The van der Waals surface area contributed by atoms with Crippen molar-refractivity contribution in [2.45, 2.75) is 6.18 Å². The van der Waals surface area contributed by atoms with Gasteiger partial charge >= 0.3 is 12.1 Å². The molecule has 2 heterocycles. The number of hydrogen-bond acceptors (Lipinski definition) is 2. The van der Waals surface area contributed by atoms with Crippen LogP contribution in [0.5, 0.6) is 0 Å². The van der Waals surface area contributed by atoms with Crippen LogP contribution in [0.4, 0.5) is 13.2 Å². The molecule has 0 aliphatic carbocycles. The highest BCUT2D eigenvalue weighted by Crippen LogP contribution is 2.22. The highest BCUT2D eigenvalue weighted by Gasteiger charge is 2.38. The molecule has 1 aromatic carbocycles. The first-order valence-corrected chi connectivity index (χ1v) is 5.51. The number of aromatic nitrogens is 2. The number of carbonyl (C=O) groups is 1. The first-order chi connectivity index (χ1) is 9.39. The van der Waals surface area contributed by atoms with Crippen LogP contribution in [0.2, 0.25) is 0 Å². The number of alkyl halides is 3. The van der Waals surface area contributed by atoms with Crippen LogP contribution in [-0.4, -0.2) is 27.2 Å². The van der Waals surface area contributed by atoms with Crippen LogP contribution in [0.3, 0.4) is 0 Å². The highest BCUT2D eigenvalue weighted by atomic mass is 19.4. The zero-order valence-electron chi connectivity index (χ0n) is 9.98. The minimum atomic E-state index is -5.08. The van der Waals surface area contributed by atoms with E-state index < -0.39 is 12.1 Å². The summed E-state index contributed by atoms with van der Waals surface area (Å²) in [6.45, 7) is 0. The van der Waals surface area contributed by atoms with Gasteiger partial charge in [0.15, 0.2) is 0 Å². The molecule has 104 valence electrons. The smallest absolute Gasteiger partial charge is 0.475 e. The first kappa shape index (κ1) is 13.9. The van der Waals surface area contributed by atoms with Gasteiger partial charge in [-0.2, -0.15) is 13.2 Å². The van der Waals surface area contributed by atoms with E-state index in [2.05, 4.69) is 28.2 Å². The van der Waals surface area contributed by atoms with Crippen molar-refractivity contribution in [2.24, 2.45) is 0 Å². The molecule has 20 heavy (non-hydrogen) atoms. The maximum Gasteiger partial charge on any atom is 0.490 e. The Morgan fingerprint density at radius 1 is 1.10 bits per heavy atom. The van der Waals surface area contributed by atoms with Crippen LogP contribution in [-0.2, 0) is 4.79 Å². The lowest BCUT2D eigenvalue weighted by Crippen LogP contribution is -2.21. The van der Waals surface area contributed by atoms with Crippen molar-refractivity contribution in [3.63, 3.8) is 0 Å². The normalized spacial score (nSPS) is 11.2. The zero-order chi connectivity index (χ0) is 14.8. The largest absolute Gasteiger partial charge is 0.490 e. The summed E-state index contributed by atoms with van der Waals surface area (Å²) < 4.78 is 31.7. The number of aliphatic carboxylic acids is 1. The Bertz CT molecular complexity index is 700. The molecule has 7 heteroatoms. The average molecular weight is 282 g/mol. The summed E-state index contributed by atoms with van der Waals surface area (Å²) in [6, 6.07) is 12.3. The fourth-order valence-electron chi connectivity index (χ4n) is 1.68. The Kier molecular flexibility index (Phi) is 3.60. The van der Waals surface area contributed by atoms with E-state index in [-0.39, 0.29) is 0 Å². The summed E-state index contributed by atoms with van der Waals surface area (Å²) in [6.07, 6.45) is -3.28. The molecular weight excluding hydrogens is 273 g/mol. The molecule has 0 radical (unpaired) electrons. The monoisotopic (exact) mass is 282 g/mol. The molecule has 4 nitrogen and oxygen atoms in total. The number of fused-ring (bicyclic) bond motifs is 3. The molecule has 0 saturated carbocycles. The van der Waals surface area contributed by atoms with Crippen LogP contribution < -0.4 is 0 Å². The number of hydrogen-bond donors (Lipinski definition) is 2. The van der Waals surface area contributed by atoms with Gasteiger partial charge in [-0.1, -0.05) is 18.2 Å². The van der Waals surface area contributed by atoms with Crippen molar-refractivity contribution in [1.29, 1.82) is 0 Å². The molecular formula is C13H9F3N2O2. The number of halogens is 3. The number of nitrogens with zero attached hydrogens (tertiary/aromatic N) is 1. The van der Waals surface area contributed by atoms with Crippen LogP contribution in [0, 0.1) is 0 Å². The second kappa shape index (κ2) is 5.20. The second-order valence-corrected chi connectivity index (χ2v) is 3.87. The number of H-pyrrole nitrogens is 1. The minimum absolute atomic E-state index is 0.962. The van der Waals surface area contributed by atoms with Crippen LogP contribution >= 0.6 is 0 Å². The topological polar surface area (TPSA) is 66.0 Å². The Balaban J connectivity index is 0.000000182. The number of carboxylic acids is 1. The third kappa shape index (κ3) is 2.87. The highest BCUT2D eigenvalue weighted by molar-refractivity contribution is 6.05. The van der Waals surface area contributed by atoms with Gasteiger partial charge in [-0.3, -0.25) is 0 Å². The van der Waals surface area contributed by atoms with Gasteiger partial charge in [0.2, 0.25) is 0 Å². The lowest BCUT2D eigenvalue weighted by molar-refractivity contribution is -0.192. The summed E-state index contributed by atoms with van der Waals surface area (Å²) >= 11 is 0. The van der Waals surface area contributed by atoms with Gasteiger partial charge in [0.05, 0.1) is 0 Å². The second-order valence-electron chi connectivity index (χ2n) is 3.87. The van der Waals surface area contributed by atoms with E-state index in [4.69, 9.17) is 9.90 Å². The maximum atomic E-state index is 10.6. The summed E-state index contributed by atoms with van der Waals surface area (Å²) in [4.78, 5) is 16.4.